The van der Waals surface area contributed by atoms with Gasteiger partial charge in [-0.1, -0.05) is 20.8 Å². The highest BCUT2D eigenvalue weighted by atomic mass is 19.4. The number of amides is 3. The summed E-state index contributed by atoms with van der Waals surface area (Å²) in [5.74, 6) is -4.21. The van der Waals surface area contributed by atoms with Gasteiger partial charge >= 0.3 is 12.1 Å². The van der Waals surface area contributed by atoms with E-state index in [0.717, 1.165) is 0 Å². The molecule has 1 aliphatic heterocycles. The number of nitrogens with two attached hydrogens (primary N) is 1. The van der Waals surface area contributed by atoms with Crippen LogP contribution >= 0.6 is 0 Å². The highest BCUT2D eigenvalue weighted by Crippen LogP contribution is 2.80. The van der Waals surface area contributed by atoms with E-state index in [2.05, 4.69) is 15.2 Å². The molecule has 0 aromatic carbocycles. The summed E-state index contributed by atoms with van der Waals surface area (Å²) in [6, 6.07) is -1.72. The van der Waals surface area contributed by atoms with Crippen molar-refractivity contribution < 1.29 is 32.3 Å². The van der Waals surface area contributed by atoms with E-state index in [1.54, 1.807) is 6.92 Å². The van der Waals surface area contributed by atoms with Crippen LogP contribution in [-0.2, 0) is 24.7 Å². The first-order chi connectivity index (χ1) is 17.5. The Morgan fingerprint density at radius 3 is 2.42 bits per heavy atom. The number of carbonyl (C=O) groups excluding carboxylic acids is 3. The van der Waals surface area contributed by atoms with E-state index in [4.69, 9.17) is 10.5 Å². The number of H-pyrrole nitrogens is 1. The van der Waals surface area contributed by atoms with Gasteiger partial charge in [-0.15, -0.1) is 0 Å². The third kappa shape index (κ3) is 3.39. The number of rotatable bonds is 7. The lowest BCUT2D eigenvalue weighted by molar-refractivity contribution is -0.178. The van der Waals surface area contributed by atoms with Gasteiger partial charge in [0.1, 0.15) is 6.04 Å². The van der Waals surface area contributed by atoms with Crippen molar-refractivity contribution in [1.29, 1.82) is 0 Å². The predicted octanol–water partition coefficient (Wildman–Crippen LogP) is 2.15. The number of carbonyl (C=O) groups is 3. The summed E-state index contributed by atoms with van der Waals surface area (Å²) in [7, 11) is 0. The van der Waals surface area contributed by atoms with Crippen LogP contribution in [0.1, 0.15) is 53.0 Å². The molecular weight excluding hydrogens is 505 g/mol. The summed E-state index contributed by atoms with van der Waals surface area (Å²) in [4.78, 5) is 45.4. The van der Waals surface area contributed by atoms with Gasteiger partial charge in [0.2, 0.25) is 11.8 Å². The second kappa shape index (κ2) is 7.90. The first kappa shape index (κ1) is 26.4. The molecule has 3 heterocycles. The van der Waals surface area contributed by atoms with Crippen LogP contribution in [0.3, 0.4) is 0 Å². The van der Waals surface area contributed by atoms with E-state index < -0.39 is 58.0 Å². The number of primary amides is 1. The fourth-order valence-corrected chi connectivity index (χ4v) is 6.77. The molecule has 2 aliphatic carbocycles. The molecule has 206 valence electrons. The number of hydrogen-bond donors (Lipinski definition) is 3. The van der Waals surface area contributed by atoms with Crippen molar-refractivity contribution in [2.75, 3.05) is 6.54 Å². The first-order valence-corrected chi connectivity index (χ1v) is 12.5. The second-order valence-electron chi connectivity index (χ2n) is 11.7. The SMILES string of the molecule is C[C@@H](OC1(C)CC1)[C@H](NC(=O)C(F)(F)F)C(=O)N1CC2C(C)(C)C2(C)C1(C(N)=O)c1cncc2[nH]ncc12. The summed E-state index contributed by atoms with van der Waals surface area (Å²) in [6.45, 7) is 9.04. The number of halogens is 3. The van der Waals surface area contributed by atoms with Gasteiger partial charge in [0, 0.05) is 29.1 Å². The van der Waals surface area contributed by atoms with Crippen LogP contribution in [0.5, 0.6) is 0 Å². The molecule has 10 nitrogen and oxygen atoms in total. The Morgan fingerprint density at radius 1 is 1.18 bits per heavy atom. The summed E-state index contributed by atoms with van der Waals surface area (Å²) >= 11 is 0. The van der Waals surface area contributed by atoms with Crippen LogP contribution in [0.15, 0.2) is 18.6 Å². The number of alkyl halides is 3. The summed E-state index contributed by atoms with van der Waals surface area (Å²) in [6.07, 6.45) is -0.555. The van der Waals surface area contributed by atoms with Crippen molar-refractivity contribution in [2.24, 2.45) is 22.5 Å². The van der Waals surface area contributed by atoms with E-state index in [0.29, 0.717) is 29.3 Å². The van der Waals surface area contributed by atoms with E-state index >= 15 is 0 Å². The Labute approximate surface area is 216 Å². The molecule has 2 aromatic heterocycles. The van der Waals surface area contributed by atoms with Gasteiger partial charge in [-0.3, -0.25) is 24.5 Å². The van der Waals surface area contributed by atoms with Crippen molar-refractivity contribution in [2.45, 2.75) is 76.9 Å². The zero-order chi connectivity index (χ0) is 28.1. The standard InChI is InChI=1S/C25H31F3N6O4/c1-12(38-22(4)6-7-22)17(32-20(37)25(26,27)28)18(35)34-11-16-21(2,3)23(16,5)24(34,19(29)36)14-9-30-10-15-13(14)8-31-33-15/h8-10,12,16-17H,6-7,11H2,1-5H3,(H2,29,36)(H,31,33)(H,32,37)/t12-,16?,17+,23?,24?/m1/s1. The minimum atomic E-state index is -5.23. The minimum absolute atomic E-state index is 0.0435. The maximum atomic E-state index is 14.3. The van der Waals surface area contributed by atoms with Gasteiger partial charge in [-0.25, -0.2) is 0 Å². The van der Waals surface area contributed by atoms with Crippen molar-refractivity contribution in [3.63, 3.8) is 0 Å². The zero-order valence-electron chi connectivity index (χ0n) is 21.8. The normalized spacial score (nSPS) is 30.4. The Balaban J connectivity index is 1.65. The predicted molar refractivity (Wildman–Crippen MR) is 128 cm³/mol. The molecule has 13 heteroatoms. The van der Waals surface area contributed by atoms with Crippen LogP contribution < -0.4 is 11.1 Å². The molecule has 3 aliphatic rings. The first-order valence-electron chi connectivity index (χ1n) is 12.5. The van der Waals surface area contributed by atoms with Crippen molar-refractivity contribution in [3.8, 4) is 0 Å². The molecule has 0 spiro atoms. The molecule has 1 saturated heterocycles. The van der Waals surface area contributed by atoms with Gasteiger partial charge in [0.15, 0.2) is 5.54 Å². The van der Waals surface area contributed by atoms with E-state index in [-0.39, 0.29) is 12.5 Å². The lowest BCUT2D eigenvalue weighted by Crippen LogP contribution is -2.65. The monoisotopic (exact) mass is 536 g/mol. The number of aromatic amines is 1. The van der Waals surface area contributed by atoms with Gasteiger partial charge in [-0.2, -0.15) is 18.3 Å². The van der Waals surface area contributed by atoms with Crippen molar-refractivity contribution in [3.05, 3.63) is 24.2 Å². The number of aromatic nitrogens is 3. The molecule has 2 aromatic rings. The van der Waals surface area contributed by atoms with E-state index in [9.17, 15) is 27.6 Å². The molecule has 0 radical (unpaired) electrons. The molecule has 4 N–H and O–H groups in total. The highest BCUT2D eigenvalue weighted by molar-refractivity contribution is 6.00. The van der Waals surface area contributed by atoms with Gasteiger partial charge in [-0.05, 0) is 38.0 Å². The summed E-state index contributed by atoms with van der Waals surface area (Å²) in [5, 5.41) is 9.18. The molecule has 3 amide bonds. The molecule has 2 saturated carbocycles. The minimum Gasteiger partial charge on any atom is -0.370 e. The molecule has 5 atom stereocenters. The highest BCUT2D eigenvalue weighted by Gasteiger charge is 2.85. The number of likely N-dealkylation sites (tertiary alicyclic amines) is 1. The summed E-state index contributed by atoms with van der Waals surface area (Å²) in [5.41, 5.74) is 3.27. The fraction of sp³-hybridized carbons (Fsp3) is 0.640. The molecule has 3 fully saturated rings. The average Bonchev–Trinajstić information content (AvgIpc) is 3.42. The Morgan fingerprint density at radius 2 is 1.84 bits per heavy atom. The number of pyridine rings is 1. The maximum Gasteiger partial charge on any atom is 0.471 e. The second-order valence-corrected chi connectivity index (χ2v) is 11.7. The lowest BCUT2D eigenvalue weighted by Gasteiger charge is -2.46. The number of piperidine rings is 1. The number of hydrogen-bond acceptors (Lipinski definition) is 6. The van der Waals surface area contributed by atoms with Crippen LogP contribution in [-0.4, -0.2) is 68.3 Å². The molecular formula is C25H31F3N6O4. The Hall–Kier alpha value is -3.22. The number of nitrogens with one attached hydrogen (secondary N) is 2. The van der Waals surface area contributed by atoms with Crippen molar-refractivity contribution in [1.82, 2.24) is 25.4 Å². The molecule has 5 rings (SSSR count). The van der Waals surface area contributed by atoms with E-state index in [1.165, 1.54) is 30.4 Å². The van der Waals surface area contributed by atoms with Gasteiger partial charge < -0.3 is 20.7 Å². The molecule has 38 heavy (non-hydrogen) atoms. The average molecular weight is 537 g/mol. The molecule has 0 bridgehead atoms. The lowest BCUT2D eigenvalue weighted by atomic mass is 9.71. The van der Waals surface area contributed by atoms with Crippen LogP contribution in [0.2, 0.25) is 0 Å². The number of fused-ring (bicyclic) bond motifs is 2. The third-order valence-corrected chi connectivity index (χ3v) is 9.43. The van der Waals surface area contributed by atoms with Crippen LogP contribution in [0.25, 0.3) is 10.9 Å². The van der Waals surface area contributed by atoms with Crippen molar-refractivity contribution >= 4 is 28.6 Å². The Bertz CT molecular complexity index is 1340. The largest absolute Gasteiger partial charge is 0.471 e. The number of nitrogens with zero attached hydrogens (tertiary/aromatic N) is 3. The van der Waals surface area contributed by atoms with Gasteiger partial charge in [0.25, 0.3) is 0 Å². The fourth-order valence-electron chi connectivity index (χ4n) is 6.77. The Kier molecular flexibility index (Phi) is 5.49. The third-order valence-electron chi connectivity index (χ3n) is 9.43. The molecule has 3 unspecified atom stereocenters. The topological polar surface area (TPSA) is 143 Å². The smallest absolute Gasteiger partial charge is 0.370 e. The summed E-state index contributed by atoms with van der Waals surface area (Å²) < 4.78 is 45.9. The van der Waals surface area contributed by atoms with Crippen LogP contribution in [0, 0.1) is 16.7 Å². The van der Waals surface area contributed by atoms with Crippen LogP contribution in [0.4, 0.5) is 13.2 Å². The number of ether oxygens (including phenoxy) is 1. The zero-order valence-corrected chi connectivity index (χ0v) is 21.8. The van der Waals surface area contributed by atoms with Gasteiger partial charge in [0.05, 0.1) is 29.6 Å². The maximum absolute atomic E-state index is 14.3. The quantitative estimate of drug-likeness (QED) is 0.495. The van der Waals surface area contributed by atoms with E-state index in [1.807, 2.05) is 26.1 Å².